The van der Waals surface area contributed by atoms with Gasteiger partial charge in [0, 0.05) is 11.1 Å². The molecule has 1 N–H and O–H groups in total. The molecule has 0 amide bonds. The van der Waals surface area contributed by atoms with Gasteiger partial charge in [0.05, 0.1) is 43.3 Å². The number of nitrogens with one attached hydrogen (secondary N) is 1. The first-order chi connectivity index (χ1) is 13.1. The fourth-order valence-electron chi connectivity index (χ4n) is 3.27. The topological polar surface area (TPSA) is 51.5 Å². The lowest BCUT2D eigenvalue weighted by molar-refractivity contribution is -0.924. The summed E-state index contributed by atoms with van der Waals surface area (Å²) in [5.74, 6) is 0.404. The summed E-state index contributed by atoms with van der Waals surface area (Å²) in [6.07, 6.45) is 0.564. The average molecular weight is 407 g/mol. The molecule has 1 aliphatic heterocycles. The molecule has 0 aliphatic carbocycles. The molecule has 1 saturated heterocycles. The van der Waals surface area contributed by atoms with Gasteiger partial charge in [-0.1, -0.05) is 0 Å². The molecule has 9 heteroatoms. The number of aromatic nitrogens is 3. The number of thiazole rings is 1. The van der Waals surface area contributed by atoms with Crippen LogP contribution in [0.5, 0.6) is 0 Å². The highest BCUT2D eigenvalue weighted by molar-refractivity contribution is 7.71. The Morgan fingerprint density at radius 1 is 1.26 bits per heavy atom. The summed E-state index contributed by atoms with van der Waals surface area (Å²) in [7, 11) is 0. The minimum absolute atomic E-state index is 0.202. The lowest BCUT2D eigenvalue weighted by Gasteiger charge is -2.33. The number of nitrogens with zero attached hydrogens (tertiary/aromatic N) is 4. The number of aryl methyl sites for hydroxylation is 1. The van der Waals surface area contributed by atoms with E-state index in [4.69, 9.17) is 16.6 Å². The molecule has 0 atom stereocenters. The van der Waals surface area contributed by atoms with E-state index in [2.05, 4.69) is 15.0 Å². The van der Waals surface area contributed by atoms with Gasteiger partial charge in [-0.2, -0.15) is 4.68 Å². The highest BCUT2D eigenvalue weighted by atomic mass is 32.1. The molecule has 142 valence electrons. The summed E-state index contributed by atoms with van der Waals surface area (Å²) in [4.78, 5) is 8.53. The van der Waals surface area contributed by atoms with Gasteiger partial charge in [0.25, 0.3) is 4.84 Å². The van der Waals surface area contributed by atoms with Crippen LogP contribution < -0.4 is 9.80 Å². The van der Waals surface area contributed by atoms with Crippen LogP contribution in [0.4, 0.5) is 10.1 Å². The fraction of sp³-hybridized carbons (Fsp3) is 0.389. The minimum atomic E-state index is -0.202. The van der Waals surface area contributed by atoms with Crippen LogP contribution in [0.3, 0.4) is 0 Å². The SMILES string of the molecule is Cc1nc(Cc2nn(C[NH+]3CCN(c4ccc(F)cc4)CC3)c(=S)o2)cs1. The van der Waals surface area contributed by atoms with Crippen LogP contribution >= 0.6 is 23.6 Å². The zero-order chi connectivity index (χ0) is 18.8. The fourth-order valence-corrected chi connectivity index (χ4v) is 4.08. The largest absolute Gasteiger partial charge is 0.413 e. The summed E-state index contributed by atoms with van der Waals surface area (Å²) in [6.45, 7) is 6.43. The van der Waals surface area contributed by atoms with Crippen molar-refractivity contribution in [1.82, 2.24) is 14.8 Å². The van der Waals surface area contributed by atoms with Crippen LogP contribution in [0.25, 0.3) is 0 Å². The van der Waals surface area contributed by atoms with Gasteiger partial charge in [0.1, 0.15) is 5.82 Å². The van der Waals surface area contributed by atoms with Crippen LogP contribution in [0.1, 0.15) is 16.6 Å². The first kappa shape index (κ1) is 18.3. The third-order valence-electron chi connectivity index (χ3n) is 4.68. The van der Waals surface area contributed by atoms with Crippen molar-refractivity contribution in [3.05, 3.63) is 56.9 Å². The second-order valence-electron chi connectivity index (χ2n) is 6.67. The molecule has 3 aromatic rings. The summed E-state index contributed by atoms with van der Waals surface area (Å²) in [5.41, 5.74) is 2.02. The van der Waals surface area contributed by atoms with Gasteiger partial charge in [-0.25, -0.2) is 9.37 Å². The third kappa shape index (κ3) is 4.42. The molecule has 0 bridgehead atoms. The number of benzene rings is 1. The zero-order valence-corrected chi connectivity index (χ0v) is 16.7. The van der Waals surface area contributed by atoms with Crippen LogP contribution in [-0.4, -0.2) is 40.9 Å². The number of rotatable bonds is 5. The molecule has 3 heterocycles. The molecule has 4 rings (SSSR count). The maximum Gasteiger partial charge on any atom is 0.291 e. The molecule has 0 radical (unpaired) electrons. The van der Waals surface area contributed by atoms with Crippen molar-refractivity contribution in [3.63, 3.8) is 0 Å². The van der Waals surface area contributed by atoms with Crippen LogP contribution in [0.15, 0.2) is 34.1 Å². The van der Waals surface area contributed by atoms with Gasteiger partial charge in [-0.05, 0) is 43.4 Å². The Morgan fingerprint density at radius 2 is 2.00 bits per heavy atom. The van der Waals surface area contributed by atoms with Gasteiger partial charge >= 0.3 is 0 Å². The molecule has 2 aromatic heterocycles. The zero-order valence-electron chi connectivity index (χ0n) is 15.0. The Hall–Kier alpha value is -2.10. The quantitative estimate of drug-likeness (QED) is 0.658. The standard InChI is InChI=1S/C18H20FN5OS2/c1-13-20-15(11-27-13)10-17-21-24(18(26)25-17)12-22-6-8-23(9-7-22)16-4-2-14(19)3-5-16/h2-5,11H,6-10,12H2,1H3/p+1. The van der Waals surface area contributed by atoms with Crippen molar-refractivity contribution in [2.45, 2.75) is 20.0 Å². The molecular formula is C18H21FN5OS2+. The first-order valence-electron chi connectivity index (χ1n) is 8.89. The highest BCUT2D eigenvalue weighted by Crippen LogP contribution is 2.15. The summed E-state index contributed by atoms with van der Waals surface area (Å²) in [6, 6.07) is 6.68. The number of anilines is 1. The van der Waals surface area contributed by atoms with E-state index >= 15 is 0 Å². The maximum atomic E-state index is 13.1. The van der Waals surface area contributed by atoms with Crippen molar-refractivity contribution in [1.29, 1.82) is 0 Å². The number of quaternary nitrogens is 1. The van der Waals surface area contributed by atoms with Crippen molar-refractivity contribution >= 4 is 29.2 Å². The van der Waals surface area contributed by atoms with Gasteiger partial charge in [-0.3, -0.25) is 0 Å². The molecule has 1 aromatic carbocycles. The number of hydrogen-bond donors (Lipinski definition) is 1. The van der Waals surface area contributed by atoms with Crippen molar-refractivity contribution < 1.29 is 13.7 Å². The Balaban J connectivity index is 1.35. The average Bonchev–Trinajstić information content (AvgIpc) is 3.22. The van der Waals surface area contributed by atoms with E-state index < -0.39 is 0 Å². The second-order valence-corrected chi connectivity index (χ2v) is 8.08. The normalized spacial score (nSPS) is 15.4. The van der Waals surface area contributed by atoms with Crippen molar-refractivity contribution in [2.24, 2.45) is 0 Å². The Morgan fingerprint density at radius 3 is 2.67 bits per heavy atom. The van der Waals surface area contributed by atoms with E-state index in [1.54, 1.807) is 16.0 Å². The molecular weight excluding hydrogens is 385 g/mol. The number of hydrogen-bond acceptors (Lipinski definition) is 6. The highest BCUT2D eigenvalue weighted by Gasteiger charge is 2.21. The Bertz CT molecular complexity index is 957. The van der Waals surface area contributed by atoms with Gasteiger partial charge in [0.15, 0.2) is 6.67 Å². The van der Waals surface area contributed by atoms with Crippen molar-refractivity contribution in [3.8, 4) is 0 Å². The van der Waals surface area contributed by atoms with E-state index in [1.807, 2.05) is 24.4 Å². The molecule has 0 saturated carbocycles. The van der Waals surface area contributed by atoms with Crippen molar-refractivity contribution in [2.75, 3.05) is 31.1 Å². The molecule has 6 nitrogen and oxygen atoms in total. The Labute approximate surface area is 165 Å². The molecule has 1 fully saturated rings. The molecule has 0 unspecified atom stereocenters. The van der Waals surface area contributed by atoms with Gasteiger partial charge in [0.2, 0.25) is 5.89 Å². The molecule has 1 aliphatic rings. The minimum Gasteiger partial charge on any atom is -0.413 e. The monoisotopic (exact) mass is 406 g/mol. The van der Waals surface area contributed by atoms with Crippen LogP contribution in [0.2, 0.25) is 0 Å². The lowest BCUT2D eigenvalue weighted by atomic mass is 10.2. The second kappa shape index (κ2) is 7.87. The summed E-state index contributed by atoms with van der Waals surface area (Å²) < 4.78 is 20.5. The summed E-state index contributed by atoms with van der Waals surface area (Å²) >= 11 is 6.95. The summed E-state index contributed by atoms with van der Waals surface area (Å²) in [5, 5.41) is 7.58. The van der Waals surface area contributed by atoms with E-state index in [0.717, 1.165) is 42.6 Å². The van der Waals surface area contributed by atoms with E-state index in [0.29, 0.717) is 23.8 Å². The molecule has 27 heavy (non-hydrogen) atoms. The van der Waals surface area contributed by atoms with Gasteiger partial charge in [-0.15, -0.1) is 16.4 Å². The van der Waals surface area contributed by atoms with E-state index in [1.165, 1.54) is 17.0 Å². The first-order valence-corrected chi connectivity index (χ1v) is 10.2. The van der Waals surface area contributed by atoms with Crippen LogP contribution in [-0.2, 0) is 13.1 Å². The van der Waals surface area contributed by atoms with Crippen LogP contribution in [0, 0.1) is 17.6 Å². The lowest BCUT2D eigenvalue weighted by Crippen LogP contribution is -3.14. The molecule has 0 spiro atoms. The predicted octanol–water partition coefficient (Wildman–Crippen LogP) is 2.06. The van der Waals surface area contributed by atoms with E-state index in [9.17, 15) is 4.39 Å². The van der Waals surface area contributed by atoms with Gasteiger partial charge < -0.3 is 14.2 Å². The Kier molecular flexibility index (Phi) is 5.33. The number of piperazine rings is 1. The smallest absolute Gasteiger partial charge is 0.291 e. The third-order valence-corrected chi connectivity index (χ3v) is 5.80. The predicted molar refractivity (Wildman–Crippen MR) is 104 cm³/mol. The van der Waals surface area contributed by atoms with E-state index in [-0.39, 0.29) is 5.82 Å². The maximum absolute atomic E-state index is 13.1. The number of halogens is 1.